The quantitative estimate of drug-likeness (QED) is 0.674. The van der Waals surface area contributed by atoms with Crippen molar-refractivity contribution < 1.29 is 0 Å². The van der Waals surface area contributed by atoms with E-state index in [1.807, 2.05) is 6.92 Å². The lowest BCUT2D eigenvalue weighted by Gasteiger charge is -2.30. The lowest BCUT2D eigenvalue weighted by Crippen LogP contribution is -2.32. The van der Waals surface area contributed by atoms with Crippen LogP contribution in [0.25, 0.3) is 0 Å². The second kappa shape index (κ2) is 3.89. The molecule has 1 aliphatic carbocycles. The van der Waals surface area contributed by atoms with E-state index in [1.54, 1.807) is 23.5 Å². The van der Waals surface area contributed by atoms with E-state index in [4.69, 9.17) is 0 Å². The van der Waals surface area contributed by atoms with Crippen molar-refractivity contribution in [3.63, 3.8) is 0 Å². The summed E-state index contributed by atoms with van der Waals surface area (Å²) in [7, 11) is 0. The topological polar surface area (TPSA) is 29.0 Å². The van der Waals surface area contributed by atoms with E-state index >= 15 is 0 Å². The number of hydrogen-bond donors (Lipinski definition) is 0. The summed E-state index contributed by atoms with van der Waals surface area (Å²) < 4.78 is 0. The highest BCUT2D eigenvalue weighted by atomic mass is 15.2. The number of piperidine rings is 1. The lowest BCUT2D eigenvalue weighted by molar-refractivity contribution is 0.670. The molecule has 0 aromatic carbocycles. The minimum atomic E-state index is 1.05. The third-order valence-corrected chi connectivity index (χ3v) is 3.52. The van der Waals surface area contributed by atoms with Crippen molar-refractivity contribution in [1.82, 2.24) is 9.97 Å². The van der Waals surface area contributed by atoms with E-state index < -0.39 is 0 Å². The second-order valence-electron chi connectivity index (χ2n) is 4.66. The molecule has 0 radical (unpaired) electrons. The first-order valence-electron chi connectivity index (χ1n) is 6.07. The average Bonchev–Trinajstić information content (AvgIpc) is 3.14. The summed E-state index contributed by atoms with van der Waals surface area (Å²) in [6.07, 6.45) is 8.73. The van der Waals surface area contributed by atoms with Crippen LogP contribution in [0.3, 0.4) is 0 Å². The van der Waals surface area contributed by atoms with Crippen LogP contribution in [0.1, 0.15) is 31.4 Å². The molecular weight excluding hydrogens is 198 g/mol. The van der Waals surface area contributed by atoms with Crippen LogP contribution in [0, 0.1) is 6.92 Å². The molecule has 3 nitrogen and oxygen atoms in total. The van der Waals surface area contributed by atoms with Gasteiger partial charge in [0, 0.05) is 25.5 Å². The van der Waals surface area contributed by atoms with Gasteiger partial charge in [-0.15, -0.1) is 0 Å². The zero-order valence-corrected chi connectivity index (χ0v) is 9.74. The van der Waals surface area contributed by atoms with Gasteiger partial charge in [-0.3, -0.25) is 4.98 Å². The molecule has 1 aromatic rings. The van der Waals surface area contributed by atoms with E-state index in [2.05, 4.69) is 14.9 Å². The maximum absolute atomic E-state index is 4.43. The van der Waals surface area contributed by atoms with Crippen LogP contribution in [-0.4, -0.2) is 23.1 Å². The van der Waals surface area contributed by atoms with Crippen molar-refractivity contribution in [3.05, 3.63) is 29.2 Å². The minimum absolute atomic E-state index is 1.05. The van der Waals surface area contributed by atoms with Crippen LogP contribution in [0.4, 0.5) is 5.82 Å². The molecule has 1 saturated heterocycles. The molecule has 3 heteroatoms. The maximum atomic E-state index is 4.43. The summed E-state index contributed by atoms with van der Waals surface area (Å²) >= 11 is 0. The fraction of sp³-hybridized carbons (Fsp3) is 0.538. The molecule has 2 fully saturated rings. The molecule has 1 aromatic heterocycles. The van der Waals surface area contributed by atoms with Crippen LogP contribution < -0.4 is 4.90 Å². The van der Waals surface area contributed by atoms with Gasteiger partial charge in [0.2, 0.25) is 0 Å². The van der Waals surface area contributed by atoms with Crippen LogP contribution >= 0.6 is 0 Å². The Kier molecular flexibility index (Phi) is 2.39. The highest BCUT2D eigenvalue weighted by Gasteiger charge is 2.23. The van der Waals surface area contributed by atoms with E-state index in [-0.39, 0.29) is 0 Å². The standard InChI is InChI=1S/C13H17N3/c1-10-13(15-7-6-14-10)16-8-4-12(5-9-16)11-2-3-11/h6-7H,2-5,8-9H2,1H3. The first-order chi connectivity index (χ1) is 7.84. The van der Waals surface area contributed by atoms with E-state index in [0.717, 1.165) is 24.6 Å². The molecule has 0 atom stereocenters. The van der Waals surface area contributed by atoms with E-state index in [1.165, 1.54) is 25.7 Å². The van der Waals surface area contributed by atoms with Gasteiger partial charge < -0.3 is 4.90 Å². The van der Waals surface area contributed by atoms with Gasteiger partial charge in [-0.1, -0.05) is 11.1 Å². The number of nitrogens with zero attached hydrogens (tertiary/aromatic N) is 3. The molecular formula is C13H17N3. The smallest absolute Gasteiger partial charge is 0.150 e. The summed E-state index contributed by atoms with van der Waals surface area (Å²) in [4.78, 5) is 11.1. The molecule has 1 saturated carbocycles. The molecule has 3 rings (SSSR count). The summed E-state index contributed by atoms with van der Waals surface area (Å²) in [6, 6.07) is 0. The molecule has 2 heterocycles. The van der Waals surface area contributed by atoms with Crippen molar-refractivity contribution in [2.24, 2.45) is 0 Å². The second-order valence-corrected chi connectivity index (χ2v) is 4.66. The van der Waals surface area contributed by atoms with Crippen LogP contribution in [0.15, 0.2) is 23.5 Å². The van der Waals surface area contributed by atoms with Crippen molar-refractivity contribution in [3.8, 4) is 0 Å². The summed E-state index contributed by atoms with van der Waals surface area (Å²) in [6.45, 7) is 4.26. The highest BCUT2D eigenvalue weighted by Crippen LogP contribution is 2.36. The van der Waals surface area contributed by atoms with Gasteiger partial charge in [-0.2, -0.15) is 0 Å². The predicted molar refractivity (Wildman–Crippen MR) is 64.5 cm³/mol. The Hall–Kier alpha value is -1.38. The molecule has 0 amide bonds. The fourth-order valence-electron chi connectivity index (χ4n) is 2.47. The Balaban J connectivity index is 1.74. The average molecular weight is 215 g/mol. The molecule has 0 bridgehead atoms. The zero-order chi connectivity index (χ0) is 11.0. The molecule has 0 unspecified atom stereocenters. The largest absolute Gasteiger partial charge is 0.354 e. The number of rotatable bonds is 1. The minimum Gasteiger partial charge on any atom is -0.354 e. The monoisotopic (exact) mass is 215 g/mol. The number of anilines is 1. The van der Waals surface area contributed by atoms with Crippen molar-refractivity contribution >= 4 is 5.82 Å². The zero-order valence-electron chi connectivity index (χ0n) is 9.74. The molecule has 16 heavy (non-hydrogen) atoms. The first kappa shape index (κ1) is 9.82. The highest BCUT2D eigenvalue weighted by molar-refractivity contribution is 5.44. The van der Waals surface area contributed by atoms with E-state index in [9.17, 15) is 0 Å². The van der Waals surface area contributed by atoms with Gasteiger partial charge in [-0.25, -0.2) is 4.98 Å². The Morgan fingerprint density at radius 1 is 0.938 bits per heavy atom. The molecule has 84 valence electrons. The van der Waals surface area contributed by atoms with Crippen molar-refractivity contribution in [1.29, 1.82) is 0 Å². The first-order valence-corrected chi connectivity index (χ1v) is 6.07. The third kappa shape index (κ3) is 1.82. The summed E-state index contributed by atoms with van der Waals surface area (Å²) in [5, 5.41) is 0. The van der Waals surface area contributed by atoms with Gasteiger partial charge in [0.25, 0.3) is 0 Å². The Morgan fingerprint density at radius 2 is 1.56 bits per heavy atom. The number of aryl methyl sites for hydroxylation is 1. The molecule has 2 aliphatic rings. The maximum Gasteiger partial charge on any atom is 0.150 e. The van der Waals surface area contributed by atoms with Crippen LogP contribution in [-0.2, 0) is 0 Å². The number of hydrogen-bond acceptors (Lipinski definition) is 3. The van der Waals surface area contributed by atoms with Gasteiger partial charge in [0.1, 0.15) is 5.82 Å². The van der Waals surface area contributed by atoms with Crippen molar-refractivity contribution in [2.75, 3.05) is 18.0 Å². The Morgan fingerprint density at radius 3 is 2.19 bits per heavy atom. The molecule has 0 N–H and O–H groups in total. The van der Waals surface area contributed by atoms with Gasteiger partial charge in [-0.05, 0) is 32.6 Å². The van der Waals surface area contributed by atoms with Gasteiger partial charge in [0.05, 0.1) is 5.69 Å². The van der Waals surface area contributed by atoms with Gasteiger partial charge in [0.15, 0.2) is 0 Å². The fourth-order valence-corrected chi connectivity index (χ4v) is 2.47. The normalized spacial score (nSPS) is 20.2. The molecule has 0 spiro atoms. The van der Waals surface area contributed by atoms with Gasteiger partial charge >= 0.3 is 0 Å². The summed E-state index contributed by atoms with van der Waals surface area (Å²) in [5.41, 5.74) is 4.50. The SMILES string of the molecule is Cc1nccnc1N1CCC(=C2CC2)CC1. The third-order valence-electron chi connectivity index (χ3n) is 3.52. The summed E-state index contributed by atoms with van der Waals surface area (Å²) in [5.74, 6) is 1.07. The van der Waals surface area contributed by atoms with Crippen molar-refractivity contribution in [2.45, 2.75) is 32.6 Å². The number of aromatic nitrogens is 2. The van der Waals surface area contributed by atoms with Crippen LogP contribution in [0.2, 0.25) is 0 Å². The number of allylic oxidation sites excluding steroid dienone is 1. The predicted octanol–water partition coefficient (Wildman–Crippen LogP) is 2.48. The Labute approximate surface area is 96.2 Å². The molecule has 1 aliphatic heterocycles. The van der Waals surface area contributed by atoms with Crippen LogP contribution in [0.5, 0.6) is 0 Å². The Bertz CT molecular complexity index is 421. The lowest BCUT2D eigenvalue weighted by atomic mass is 10.0. The van der Waals surface area contributed by atoms with E-state index in [0.29, 0.717) is 0 Å².